The molecule has 14 heteroatoms. The van der Waals surface area contributed by atoms with Crippen molar-refractivity contribution in [1.29, 1.82) is 0 Å². The Morgan fingerprint density at radius 2 is 1.75 bits per heavy atom. The lowest BCUT2D eigenvalue weighted by atomic mass is 10.2. The third-order valence-electron chi connectivity index (χ3n) is 5.35. The maximum atomic E-state index is 12.6. The second-order valence-electron chi connectivity index (χ2n) is 7.97. The molecule has 1 saturated heterocycles. The van der Waals surface area contributed by atoms with Gasteiger partial charge in [0.1, 0.15) is 6.33 Å². The van der Waals surface area contributed by atoms with Crippen LogP contribution >= 0.6 is 0 Å². The first-order valence-corrected chi connectivity index (χ1v) is 10.7. The Kier molecular flexibility index (Phi) is 6.85. The maximum absolute atomic E-state index is 12.6. The van der Waals surface area contributed by atoms with Crippen molar-refractivity contribution in [2.24, 2.45) is 0 Å². The number of halogens is 3. The molecule has 0 unspecified atom stereocenters. The summed E-state index contributed by atoms with van der Waals surface area (Å²) < 4.78 is 35.3. The van der Waals surface area contributed by atoms with Crippen molar-refractivity contribution in [3.05, 3.63) is 66.8 Å². The van der Waals surface area contributed by atoms with E-state index in [1.54, 1.807) is 23.4 Å². The van der Waals surface area contributed by atoms with Crippen LogP contribution in [-0.4, -0.2) is 71.4 Å². The lowest BCUT2D eigenvalue weighted by Crippen LogP contribution is -2.37. The van der Waals surface area contributed by atoms with Crippen molar-refractivity contribution >= 4 is 23.3 Å². The molecule has 3 aromatic heterocycles. The van der Waals surface area contributed by atoms with E-state index in [9.17, 15) is 18.0 Å². The molecule has 188 valence electrons. The van der Waals surface area contributed by atoms with Gasteiger partial charge in [-0.3, -0.25) is 4.79 Å². The smallest absolute Gasteiger partial charge is 0.475 e. The van der Waals surface area contributed by atoms with Crippen LogP contribution in [0.4, 0.5) is 19.0 Å². The number of carboxylic acids is 1. The van der Waals surface area contributed by atoms with Crippen molar-refractivity contribution in [1.82, 2.24) is 34.4 Å². The number of hydrogen-bond donors (Lipinski definition) is 2. The van der Waals surface area contributed by atoms with E-state index >= 15 is 0 Å². The molecule has 1 atom stereocenters. The van der Waals surface area contributed by atoms with Crippen LogP contribution in [0.25, 0.3) is 11.3 Å². The van der Waals surface area contributed by atoms with Gasteiger partial charge in [-0.2, -0.15) is 13.2 Å². The standard InChI is InChI=1S/C20H20N8O.C2HF3O2/c1-14-2-4-16(5-3-14)28-13-23-17(25-28)20(29)24-15-6-9-27(12-15)19-18-21-7-10-26(18)11-8-22-19;3-2(4,5)1(6)7/h2-5,7-8,10-11,13,15H,6,9,12H2,1H3,(H,24,29);(H,6,7)/t15-;/m0./s1. The monoisotopic (exact) mass is 502 g/mol. The average molecular weight is 502 g/mol. The van der Waals surface area contributed by atoms with Crippen molar-refractivity contribution in [3.63, 3.8) is 0 Å². The SMILES string of the molecule is Cc1ccc(-n2cnc(C(=O)N[C@H]3CCN(c4nccn5ccnc45)C3)n2)cc1.O=C(O)C(F)(F)F. The minimum absolute atomic E-state index is 0.00541. The number of aryl methyl sites for hydroxylation is 1. The van der Waals surface area contributed by atoms with Gasteiger partial charge in [-0.1, -0.05) is 17.7 Å². The molecule has 1 aromatic carbocycles. The summed E-state index contributed by atoms with van der Waals surface area (Å²) in [5.41, 5.74) is 2.85. The number of rotatable bonds is 4. The fourth-order valence-electron chi connectivity index (χ4n) is 3.57. The quantitative estimate of drug-likeness (QED) is 0.435. The fourth-order valence-corrected chi connectivity index (χ4v) is 3.57. The number of alkyl halides is 3. The van der Waals surface area contributed by atoms with E-state index in [1.165, 1.54) is 0 Å². The fraction of sp³-hybridized carbons (Fsp3) is 0.273. The van der Waals surface area contributed by atoms with E-state index in [0.717, 1.165) is 35.7 Å². The Bertz CT molecular complexity index is 1370. The number of aromatic nitrogens is 6. The first kappa shape index (κ1) is 24.6. The largest absolute Gasteiger partial charge is 0.490 e. The van der Waals surface area contributed by atoms with E-state index in [0.29, 0.717) is 6.54 Å². The maximum Gasteiger partial charge on any atom is 0.490 e. The summed E-state index contributed by atoms with van der Waals surface area (Å²) in [5, 5.41) is 14.5. The molecule has 1 fully saturated rings. The average Bonchev–Trinajstić information content (AvgIpc) is 3.59. The Balaban J connectivity index is 0.000000384. The van der Waals surface area contributed by atoms with Crippen LogP contribution in [0.15, 0.2) is 55.4 Å². The van der Waals surface area contributed by atoms with Crippen LogP contribution in [0.2, 0.25) is 0 Å². The molecular formula is C22H21F3N8O3. The number of aliphatic carboxylic acids is 1. The van der Waals surface area contributed by atoms with E-state index in [1.807, 2.05) is 48.0 Å². The molecule has 0 radical (unpaired) electrons. The van der Waals surface area contributed by atoms with Crippen molar-refractivity contribution in [2.45, 2.75) is 25.6 Å². The number of benzene rings is 1. The molecule has 0 saturated carbocycles. The summed E-state index contributed by atoms with van der Waals surface area (Å²) in [6, 6.07) is 7.90. The topological polar surface area (TPSA) is 131 Å². The number of carboxylic acid groups (broad SMARTS) is 1. The van der Waals surface area contributed by atoms with Crippen LogP contribution in [0, 0.1) is 6.92 Å². The summed E-state index contributed by atoms with van der Waals surface area (Å²) in [4.78, 5) is 36.7. The van der Waals surface area contributed by atoms with Crippen LogP contribution in [-0.2, 0) is 4.79 Å². The summed E-state index contributed by atoms with van der Waals surface area (Å²) in [6.45, 7) is 3.50. The van der Waals surface area contributed by atoms with E-state index in [-0.39, 0.29) is 17.8 Å². The Labute approximate surface area is 202 Å². The molecule has 5 rings (SSSR count). The summed E-state index contributed by atoms with van der Waals surface area (Å²) in [5.74, 6) is -2.03. The number of nitrogens with one attached hydrogen (secondary N) is 1. The highest BCUT2D eigenvalue weighted by Gasteiger charge is 2.38. The van der Waals surface area contributed by atoms with Gasteiger partial charge in [0.05, 0.1) is 5.69 Å². The zero-order chi connectivity index (χ0) is 25.9. The highest BCUT2D eigenvalue weighted by molar-refractivity contribution is 5.90. The summed E-state index contributed by atoms with van der Waals surface area (Å²) >= 11 is 0. The van der Waals surface area contributed by atoms with Gasteiger partial charge >= 0.3 is 12.1 Å². The highest BCUT2D eigenvalue weighted by Crippen LogP contribution is 2.22. The molecule has 0 aliphatic carbocycles. The van der Waals surface area contributed by atoms with E-state index in [4.69, 9.17) is 9.90 Å². The number of anilines is 1. The molecule has 0 spiro atoms. The molecule has 0 bridgehead atoms. The van der Waals surface area contributed by atoms with Crippen LogP contribution in [0.1, 0.15) is 22.6 Å². The Morgan fingerprint density at radius 3 is 2.42 bits per heavy atom. The normalized spacial score (nSPS) is 15.4. The van der Waals surface area contributed by atoms with Crippen molar-refractivity contribution < 1.29 is 27.9 Å². The van der Waals surface area contributed by atoms with Gasteiger partial charge in [-0.05, 0) is 25.5 Å². The van der Waals surface area contributed by atoms with Crippen LogP contribution in [0.3, 0.4) is 0 Å². The number of amides is 1. The van der Waals surface area contributed by atoms with Gasteiger partial charge in [0, 0.05) is 43.9 Å². The van der Waals surface area contributed by atoms with Gasteiger partial charge in [0.2, 0.25) is 5.82 Å². The van der Waals surface area contributed by atoms with E-state index in [2.05, 4.69) is 30.3 Å². The molecule has 4 aromatic rings. The molecular weight excluding hydrogens is 481 g/mol. The predicted molar refractivity (Wildman–Crippen MR) is 121 cm³/mol. The summed E-state index contributed by atoms with van der Waals surface area (Å²) in [6.07, 6.45) is 4.59. The van der Waals surface area contributed by atoms with Gasteiger partial charge in [0.15, 0.2) is 11.5 Å². The lowest BCUT2D eigenvalue weighted by Gasteiger charge is -2.18. The molecule has 2 N–H and O–H groups in total. The molecule has 1 amide bonds. The highest BCUT2D eigenvalue weighted by atomic mass is 19.4. The molecule has 1 aliphatic rings. The molecule has 1 aliphatic heterocycles. The predicted octanol–water partition coefficient (Wildman–Crippen LogP) is 2.26. The third-order valence-corrected chi connectivity index (χ3v) is 5.35. The van der Waals surface area contributed by atoms with Gasteiger partial charge < -0.3 is 19.7 Å². The number of carbonyl (C=O) groups excluding carboxylic acids is 1. The Hall–Kier alpha value is -4.49. The first-order valence-electron chi connectivity index (χ1n) is 10.7. The van der Waals surface area contributed by atoms with Crippen molar-refractivity contribution in [3.8, 4) is 5.69 Å². The minimum atomic E-state index is -5.08. The van der Waals surface area contributed by atoms with E-state index < -0.39 is 12.1 Å². The number of fused-ring (bicyclic) bond motifs is 1. The third kappa shape index (κ3) is 5.59. The zero-order valence-corrected chi connectivity index (χ0v) is 18.9. The van der Waals surface area contributed by atoms with Crippen LogP contribution in [0.5, 0.6) is 0 Å². The van der Waals surface area contributed by atoms with Crippen LogP contribution < -0.4 is 10.2 Å². The van der Waals surface area contributed by atoms with Gasteiger partial charge in [0.25, 0.3) is 5.91 Å². The second-order valence-corrected chi connectivity index (χ2v) is 7.97. The minimum Gasteiger partial charge on any atom is -0.475 e. The second kappa shape index (κ2) is 10.0. The zero-order valence-electron chi connectivity index (χ0n) is 18.9. The first-order chi connectivity index (χ1) is 17.1. The number of imidazole rings is 1. The Morgan fingerprint density at radius 1 is 1.08 bits per heavy atom. The number of nitrogens with zero attached hydrogens (tertiary/aromatic N) is 7. The number of carbonyl (C=O) groups is 2. The van der Waals surface area contributed by atoms with Gasteiger partial charge in [-0.25, -0.2) is 24.4 Å². The molecule has 4 heterocycles. The molecule has 36 heavy (non-hydrogen) atoms. The summed E-state index contributed by atoms with van der Waals surface area (Å²) in [7, 11) is 0. The van der Waals surface area contributed by atoms with Crippen molar-refractivity contribution in [2.75, 3.05) is 18.0 Å². The van der Waals surface area contributed by atoms with Gasteiger partial charge in [-0.15, -0.1) is 5.10 Å². The molecule has 11 nitrogen and oxygen atoms in total. The lowest BCUT2D eigenvalue weighted by molar-refractivity contribution is -0.192. The number of hydrogen-bond acceptors (Lipinski definition) is 7.